The molecule has 1 atom stereocenters. The number of hydrogen-bond donors (Lipinski definition) is 1. The minimum absolute atomic E-state index is 0.711. The summed E-state index contributed by atoms with van der Waals surface area (Å²) < 4.78 is 0. The lowest BCUT2D eigenvalue weighted by molar-refractivity contribution is 0.264. The zero-order valence-electron chi connectivity index (χ0n) is 10.2. The van der Waals surface area contributed by atoms with Gasteiger partial charge in [0.05, 0.1) is 0 Å². The second-order valence-corrected chi connectivity index (χ2v) is 4.98. The Kier molecular flexibility index (Phi) is 5.54. The number of hydrogen-bond acceptors (Lipinski definition) is 1. The highest BCUT2D eigenvalue weighted by Crippen LogP contribution is 2.27. The van der Waals surface area contributed by atoms with E-state index < -0.39 is 0 Å². The van der Waals surface area contributed by atoms with Crippen LogP contribution in [0.1, 0.15) is 65.7 Å². The van der Waals surface area contributed by atoms with E-state index in [2.05, 4.69) is 26.1 Å². The van der Waals surface area contributed by atoms with Gasteiger partial charge < -0.3 is 5.32 Å². The van der Waals surface area contributed by atoms with Crippen molar-refractivity contribution >= 4 is 0 Å². The van der Waals surface area contributed by atoms with E-state index in [1.165, 1.54) is 44.9 Å². The van der Waals surface area contributed by atoms with Crippen LogP contribution >= 0.6 is 0 Å². The smallest absolute Gasteiger partial charge is 0.00697 e. The molecule has 14 heavy (non-hydrogen) atoms. The fourth-order valence-corrected chi connectivity index (χ4v) is 2.55. The Morgan fingerprint density at radius 1 is 1.14 bits per heavy atom. The Morgan fingerprint density at radius 2 is 1.79 bits per heavy atom. The van der Waals surface area contributed by atoms with E-state index in [0.29, 0.717) is 6.04 Å². The quantitative estimate of drug-likeness (QED) is 0.708. The average Bonchev–Trinajstić information content (AvgIpc) is 2.21. The maximum absolute atomic E-state index is 3.73. The van der Waals surface area contributed by atoms with Crippen molar-refractivity contribution in [3.8, 4) is 0 Å². The lowest BCUT2D eigenvalue weighted by Crippen LogP contribution is -2.38. The van der Waals surface area contributed by atoms with Crippen LogP contribution in [0, 0.1) is 5.92 Å². The fourth-order valence-electron chi connectivity index (χ4n) is 2.55. The van der Waals surface area contributed by atoms with Crippen LogP contribution < -0.4 is 5.32 Å². The third-order valence-electron chi connectivity index (χ3n) is 3.68. The first-order chi connectivity index (χ1) is 6.76. The van der Waals surface area contributed by atoms with Crippen molar-refractivity contribution in [1.82, 2.24) is 5.32 Å². The van der Waals surface area contributed by atoms with Gasteiger partial charge in [-0.15, -0.1) is 0 Å². The second-order valence-electron chi connectivity index (χ2n) is 4.98. The molecule has 0 amide bonds. The standard InChI is InChI=1S/C13H27N/c1-4-6-12-7-9-13(10-8-12)14-11(3)5-2/h11-14H,4-10H2,1-3H3/t11-,12?,13?/m0/s1. The molecule has 1 saturated carbocycles. The first-order valence-electron chi connectivity index (χ1n) is 6.52. The molecule has 84 valence electrons. The van der Waals surface area contributed by atoms with Crippen LogP contribution in [0.15, 0.2) is 0 Å². The van der Waals surface area contributed by atoms with Crippen LogP contribution in [0.4, 0.5) is 0 Å². The lowest BCUT2D eigenvalue weighted by Gasteiger charge is -2.31. The molecule has 0 aromatic rings. The topological polar surface area (TPSA) is 12.0 Å². The highest BCUT2D eigenvalue weighted by atomic mass is 14.9. The normalized spacial score (nSPS) is 30.2. The van der Waals surface area contributed by atoms with Gasteiger partial charge in [0, 0.05) is 12.1 Å². The molecule has 0 aromatic carbocycles. The maximum atomic E-state index is 3.73. The van der Waals surface area contributed by atoms with Gasteiger partial charge in [0.15, 0.2) is 0 Å². The van der Waals surface area contributed by atoms with Gasteiger partial charge >= 0.3 is 0 Å². The van der Waals surface area contributed by atoms with Gasteiger partial charge in [0.2, 0.25) is 0 Å². The number of rotatable bonds is 5. The van der Waals surface area contributed by atoms with Crippen molar-refractivity contribution in [2.24, 2.45) is 5.92 Å². The van der Waals surface area contributed by atoms with Crippen molar-refractivity contribution in [1.29, 1.82) is 0 Å². The van der Waals surface area contributed by atoms with E-state index in [4.69, 9.17) is 0 Å². The molecule has 1 heteroatoms. The van der Waals surface area contributed by atoms with E-state index in [9.17, 15) is 0 Å². The minimum Gasteiger partial charge on any atom is -0.312 e. The van der Waals surface area contributed by atoms with Crippen LogP contribution in [-0.4, -0.2) is 12.1 Å². The summed E-state index contributed by atoms with van der Waals surface area (Å²) in [5.41, 5.74) is 0. The third-order valence-corrected chi connectivity index (χ3v) is 3.68. The predicted octanol–water partition coefficient (Wildman–Crippen LogP) is 3.73. The van der Waals surface area contributed by atoms with Gasteiger partial charge in [0.25, 0.3) is 0 Å². The van der Waals surface area contributed by atoms with E-state index in [0.717, 1.165) is 12.0 Å². The fraction of sp³-hybridized carbons (Fsp3) is 1.00. The highest BCUT2D eigenvalue weighted by Gasteiger charge is 2.20. The SMILES string of the molecule is CCCC1CCC(N[C@@H](C)CC)CC1. The zero-order valence-corrected chi connectivity index (χ0v) is 10.2. The van der Waals surface area contributed by atoms with Crippen molar-refractivity contribution < 1.29 is 0 Å². The molecule has 1 nitrogen and oxygen atoms in total. The van der Waals surface area contributed by atoms with Crippen LogP contribution in [0.3, 0.4) is 0 Å². The summed E-state index contributed by atoms with van der Waals surface area (Å²) in [7, 11) is 0. The summed E-state index contributed by atoms with van der Waals surface area (Å²) in [6.07, 6.45) is 9.83. The average molecular weight is 197 g/mol. The zero-order chi connectivity index (χ0) is 10.4. The van der Waals surface area contributed by atoms with Gasteiger partial charge in [-0.1, -0.05) is 26.7 Å². The predicted molar refractivity (Wildman–Crippen MR) is 63.5 cm³/mol. The Hall–Kier alpha value is -0.0400. The van der Waals surface area contributed by atoms with Crippen molar-refractivity contribution in [3.05, 3.63) is 0 Å². The first kappa shape index (κ1) is 12.0. The molecular weight excluding hydrogens is 170 g/mol. The molecule has 1 aliphatic rings. The van der Waals surface area contributed by atoms with Crippen molar-refractivity contribution in [2.75, 3.05) is 0 Å². The Bertz CT molecular complexity index is 136. The van der Waals surface area contributed by atoms with Gasteiger partial charge in [0.1, 0.15) is 0 Å². The van der Waals surface area contributed by atoms with E-state index in [1.54, 1.807) is 0 Å². The van der Waals surface area contributed by atoms with Crippen LogP contribution in [-0.2, 0) is 0 Å². The Balaban J connectivity index is 2.15. The Morgan fingerprint density at radius 3 is 2.29 bits per heavy atom. The first-order valence-corrected chi connectivity index (χ1v) is 6.52. The van der Waals surface area contributed by atoms with E-state index in [1.807, 2.05) is 0 Å². The van der Waals surface area contributed by atoms with Gasteiger partial charge in [-0.3, -0.25) is 0 Å². The monoisotopic (exact) mass is 197 g/mol. The molecule has 1 aliphatic carbocycles. The molecule has 0 bridgehead atoms. The maximum Gasteiger partial charge on any atom is 0.00697 e. The molecule has 0 unspecified atom stereocenters. The molecule has 0 heterocycles. The third kappa shape index (κ3) is 4.00. The second kappa shape index (κ2) is 6.44. The van der Waals surface area contributed by atoms with Gasteiger partial charge in [-0.25, -0.2) is 0 Å². The molecule has 0 spiro atoms. The molecular formula is C13H27N. The summed E-state index contributed by atoms with van der Waals surface area (Å²) >= 11 is 0. The summed E-state index contributed by atoms with van der Waals surface area (Å²) in [4.78, 5) is 0. The van der Waals surface area contributed by atoms with Crippen LogP contribution in [0.5, 0.6) is 0 Å². The molecule has 0 aromatic heterocycles. The van der Waals surface area contributed by atoms with Crippen molar-refractivity contribution in [3.63, 3.8) is 0 Å². The minimum atomic E-state index is 0.711. The largest absolute Gasteiger partial charge is 0.312 e. The molecule has 0 saturated heterocycles. The molecule has 0 radical (unpaired) electrons. The number of nitrogens with one attached hydrogen (secondary N) is 1. The summed E-state index contributed by atoms with van der Waals surface area (Å²) in [6.45, 7) is 6.88. The van der Waals surface area contributed by atoms with E-state index in [-0.39, 0.29) is 0 Å². The van der Waals surface area contributed by atoms with Gasteiger partial charge in [-0.05, 0) is 44.9 Å². The Labute approximate surface area is 89.7 Å². The van der Waals surface area contributed by atoms with Crippen LogP contribution in [0.2, 0.25) is 0 Å². The molecule has 0 aliphatic heterocycles. The van der Waals surface area contributed by atoms with Crippen LogP contribution in [0.25, 0.3) is 0 Å². The molecule has 1 rings (SSSR count). The van der Waals surface area contributed by atoms with Gasteiger partial charge in [-0.2, -0.15) is 0 Å². The van der Waals surface area contributed by atoms with Crippen molar-refractivity contribution in [2.45, 2.75) is 77.8 Å². The molecule has 1 fully saturated rings. The summed E-state index contributed by atoms with van der Waals surface area (Å²) in [5, 5.41) is 3.73. The highest BCUT2D eigenvalue weighted by molar-refractivity contribution is 4.78. The summed E-state index contributed by atoms with van der Waals surface area (Å²) in [6, 6.07) is 1.53. The molecule has 1 N–H and O–H groups in total. The lowest BCUT2D eigenvalue weighted by atomic mass is 9.83. The summed E-state index contributed by atoms with van der Waals surface area (Å²) in [5.74, 6) is 1.04. The van der Waals surface area contributed by atoms with E-state index >= 15 is 0 Å².